The fourth-order valence-corrected chi connectivity index (χ4v) is 3.55. The summed E-state index contributed by atoms with van der Waals surface area (Å²) in [6, 6.07) is 1.73. The van der Waals surface area contributed by atoms with Crippen molar-refractivity contribution in [2.24, 2.45) is 11.8 Å². The Morgan fingerprint density at radius 1 is 1.28 bits per heavy atom. The molecular formula is C15H28N2O. The predicted octanol–water partition coefficient (Wildman–Crippen LogP) is 2.46. The fraction of sp³-hybridized carbons (Fsp3) is 0.933. The van der Waals surface area contributed by atoms with Gasteiger partial charge in [0.25, 0.3) is 0 Å². The monoisotopic (exact) mass is 252 g/mol. The molecule has 104 valence electrons. The van der Waals surface area contributed by atoms with Gasteiger partial charge in [-0.25, -0.2) is 0 Å². The summed E-state index contributed by atoms with van der Waals surface area (Å²) in [6.07, 6.45) is 6.64. The Balaban J connectivity index is 1.77. The minimum atomic E-state index is 0.266. The molecule has 0 aliphatic carbocycles. The summed E-state index contributed by atoms with van der Waals surface area (Å²) in [5.74, 6) is 1.40. The van der Waals surface area contributed by atoms with Crippen LogP contribution in [-0.2, 0) is 4.79 Å². The molecule has 2 aliphatic heterocycles. The third kappa shape index (κ3) is 3.47. The molecule has 0 aromatic carbocycles. The number of rotatable bonds is 5. The lowest BCUT2D eigenvalue weighted by atomic mass is 9.89. The highest BCUT2D eigenvalue weighted by atomic mass is 16.1. The molecule has 2 heterocycles. The summed E-state index contributed by atoms with van der Waals surface area (Å²) in [4.78, 5) is 12.1. The summed E-state index contributed by atoms with van der Waals surface area (Å²) in [7, 11) is 0. The van der Waals surface area contributed by atoms with Gasteiger partial charge < -0.3 is 10.6 Å². The van der Waals surface area contributed by atoms with E-state index in [0.29, 0.717) is 36.4 Å². The second-order valence-corrected chi connectivity index (χ2v) is 6.49. The van der Waals surface area contributed by atoms with Crippen molar-refractivity contribution in [1.82, 2.24) is 10.6 Å². The van der Waals surface area contributed by atoms with E-state index in [9.17, 15) is 4.79 Å². The molecule has 2 bridgehead atoms. The molecule has 0 spiro atoms. The van der Waals surface area contributed by atoms with Crippen molar-refractivity contribution in [2.45, 2.75) is 77.4 Å². The Kier molecular flexibility index (Phi) is 4.66. The van der Waals surface area contributed by atoms with Crippen LogP contribution < -0.4 is 10.6 Å². The van der Waals surface area contributed by atoms with Crippen molar-refractivity contribution in [2.75, 3.05) is 0 Å². The van der Waals surface area contributed by atoms with Gasteiger partial charge in [0.2, 0.25) is 5.91 Å². The Morgan fingerprint density at radius 2 is 1.89 bits per heavy atom. The number of nitrogens with one attached hydrogen (secondary N) is 2. The van der Waals surface area contributed by atoms with E-state index in [4.69, 9.17) is 0 Å². The Labute approximate surface area is 111 Å². The van der Waals surface area contributed by atoms with Gasteiger partial charge in [-0.1, -0.05) is 27.2 Å². The van der Waals surface area contributed by atoms with Crippen molar-refractivity contribution in [3.63, 3.8) is 0 Å². The van der Waals surface area contributed by atoms with Crippen LogP contribution in [0.2, 0.25) is 0 Å². The smallest absolute Gasteiger partial charge is 0.220 e. The summed E-state index contributed by atoms with van der Waals surface area (Å²) in [5, 5.41) is 6.87. The molecule has 3 unspecified atom stereocenters. The van der Waals surface area contributed by atoms with Crippen LogP contribution in [0, 0.1) is 11.8 Å². The van der Waals surface area contributed by atoms with Gasteiger partial charge in [0.05, 0.1) is 0 Å². The zero-order valence-electron chi connectivity index (χ0n) is 12.0. The molecule has 0 radical (unpaired) electrons. The second-order valence-electron chi connectivity index (χ2n) is 6.49. The van der Waals surface area contributed by atoms with Crippen LogP contribution in [0.25, 0.3) is 0 Å². The standard InChI is InChI=1S/C15H28N2O/c1-4-11(10(2)3)7-15(18)17-14-8-12-5-6-13(9-14)16-12/h10-14,16H,4-9H2,1-3H3,(H,17,18). The van der Waals surface area contributed by atoms with Crippen LogP contribution in [0.3, 0.4) is 0 Å². The second kappa shape index (κ2) is 6.05. The molecule has 0 saturated carbocycles. The Hall–Kier alpha value is -0.570. The first-order chi connectivity index (χ1) is 8.58. The quantitative estimate of drug-likeness (QED) is 0.789. The van der Waals surface area contributed by atoms with Gasteiger partial charge in [-0.3, -0.25) is 4.79 Å². The molecule has 0 aromatic heterocycles. The molecule has 3 nitrogen and oxygen atoms in total. The van der Waals surface area contributed by atoms with Crippen LogP contribution in [0.4, 0.5) is 0 Å². The summed E-state index contributed by atoms with van der Waals surface area (Å²) >= 11 is 0. The highest BCUT2D eigenvalue weighted by Crippen LogP contribution is 2.27. The van der Waals surface area contributed by atoms with Crippen molar-refractivity contribution >= 4 is 5.91 Å². The largest absolute Gasteiger partial charge is 0.353 e. The lowest BCUT2D eigenvalue weighted by molar-refractivity contribution is -0.123. The van der Waals surface area contributed by atoms with Gasteiger partial charge in [-0.05, 0) is 37.5 Å². The van der Waals surface area contributed by atoms with Crippen molar-refractivity contribution in [3.05, 3.63) is 0 Å². The van der Waals surface area contributed by atoms with E-state index in [1.807, 2.05) is 0 Å². The molecule has 0 aromatic rings. The number of carbonyl (C=O) groups is 1. The number of carbonyl (C=O) groups excluding carboxylic acids is 1. The minimum absolute atomic E-state index is 0.266. The first-order valence-corrected chi connectivity index (χ1v) is 7.63. The fourth-order valence-electron chi connectivity index (χ4n) is 3.55. The number of amides is 1. The Bertz CT molecular complexity index is 278. The van der Waals surface area contributed by atoms with E-state index >= 15 is 0 Å². The van der Waals surface area contributed by atoms with Crippen LogP contribution in [0.15, 0.2) is 0 Å². The van der Waals surface area contributed by atoms with Crippen molar-refractivity contribution in [1.29, 1.82) is 0 Å². The molecule has 1 amide bonds. The highest BCUT2D eigenvalue weighted by Gasteiger charge is 2.34. The van der Waals surface area contributed by atoms with Crippen LogP contribution in [-0.4, -0.2) is 24.0 Å². The number of fused-ring (bicyclic) bond motifs is 2. The topological polar surface area (TPSA) is 41.1 Å². The molecule has 2 rings (SSSR count). The summed E-state index contributed by atoms with van der Waals surface area (Å²) in [5.41, 5.74) is 0. The molecule has 18 heavy (non-hydrogen) atoms. The maximum Gasteiger partial charge on any atom is 0.220 e. The van der Waals surface area contributed by atoms with E-state index in [-0.39, 0.29) is 5.91 Å². The average molecular weight is 252 g/mol. The van der Waals surface area contributed by atoms with Crippen molar-refractivity contribution in [3.8, 4) is 0 Å². The SMILES string of the molecule is CCC(CC(=O)NC1CC2CCC(C1)N2)C(C)C. The van der Waals surface area contributed by atoms with E-state index in [1.54, 1.807) is 0 Å². The lowest BCUT2D eigenvalue weighted by Crippen LogP contribution is -2.48. The summed E-state index contributed by atoms with van der Waals surface area (Å²) < 4.78 is 0. The van der Waals surface area contributed by atoms with Gasteiger partial charge in [-0.15, -0.1) is 0 Å². The van der Waals surface area contributed by atoms with E-state index < -0.39 is 0 Å². The maximum atomic E-state index is 12.1. The molecule has 3 atom stereocenters. The zero-order chi connectivity index (χ0) is 13.1. The van der Waals surface area contributed by atoms with E-state index in [2.05, 4.69) is 31.4 Å². The normalized spacial score (nSPS) is 32.6. The molecule has 2 N–H and O–H groups in total. The first-order valence-electron chi connectivity index (χ1n) is 7.63. The van der Waals surface area contributed by atoms with Gasteiger partial charge in [0.15, 0.2) is 0 Å². The molecule has 2 aliphatic rings. The molecule has 2 saturated heterocycles. The Morgan fingerprint density at radius 3 is 2.39 bits per heavy atom. The zero-order valence-corrected chi connectivity index (χ0v) is 12.0. The molecule has 3 heteroatoms. The number of hydrogen-bond donors (Lipinski definition) is 2. The molecular weight excluding hydrogens is 224 g/mol. The van der Waals surface area contributed by atoms with Crippen LogP contribution in [0.1, 0.15) is 59.3 Å². The number of piperidine rings is 1. The predicted molar refractivity (Wildman–Crippen MR) is 74.3 cm³/mol. The minimum Gasteiger partial charge on any atom is -0.353 e. The van der Waals surface area contributed by atoms with E-state index in [1.165, 1.54) is 12.8 Å². The average Bonchev–Trinajstić information content (AvgIpc) is 2.65. The van der Waals surface area contributed by atoms with Crippen molar-refractivity contribution < 1.29 is 4.79 Å². The van der Waals surface area contributed by atoms with E-state index in [0.717, 1.165) is 19.3 Å². The van der Waals surface area contributed by atoms with Crippen LogP contribution in [0.5, 0.6) is 0 Å². The summed E-state index contributed by atoms with van der Waals surface area (Å²) in [6.45, 7) is 6.61. The van der Waals surface area contributed by atoms with Crippen LogP contribution >= 0.6 is 0 Å². The first kappa shape index (κ1) is 13.9. The van der Waals surface area contributed by atoms with Gasteiger partial charge in [0, 0.05) is 24.5 Å². The lowest BCUT2D eigenvalue weighted by Gasteiger charge is -2.30. The van der Waals surface area contributed by atoms with Gasteiger partial charge >= 0.3 is 0 Å². The highest BCUT2D eigenvalue weighted by molar-refractivity contribution is 5.76. The third-order valence-corrected chi connectivity index (χ3v) is 4.75. The van der Waals surface area contributed by atoms with Gasteiger partial charge in [0.1, 0.15) is 0 Å². The number of hydrogen-bond acceptors (Lipinski definition) is 2. The molecule has 2 fully saturated rings. The maximum absolute atomic E-state index is 12.1. The third-order valence-electron chi connectivity index (χ3n) is 4.75. The van der Waals surface area contributed by atoms with Gasteiger partial charge in [-0.2, -0.15) is 0 Å².